The van der Waals surface area contributed by atoms with Crippen LogP contribution in [0.4, 0.5) is 0 Å². The van der Waals surface area contributed by atoms with E-state index in [1.165, 1.54) is 0 Å². The van der Waals surface area contributed by atoms with E-state index >= 15 is 0 Å². The standard InChI is InChI=1S/C17H24N4O.2ClH/c18-14-6-3-5-13(11-14)17(22)19-9-4-10-21-12-20-15-7-1-2-8-16(15)21;;/h1-2,7-8,12-14H,3-6,9-11,18H2,(H,19,22);2*1H. The Bertz CT molecular complexity index is 646. The number of aromatic nitrogens is 2. The topological polar surface area (TPSA) is 72.9 Å². The van der Waals surface area contributed by atoms with Gasteiger partial charge in [-0.3, -0.25) is 4.79 Å². The molecule has 1 saturated carbocycles. The minimum atomic E-state index is 0. The minimum Gasteiger partial charge on any atom is -0.356 e. The van der Waals surface area contributed by atoms with Crippen LogP contribution in [0.1, 0.15) is 32.1 Å². The molecule has 0 saturated heterocycles. The third-order valence-electron chi connectivity index (χ3n) is 4.49. The molecule has 134 valence electrons. The highest BCUT2D eigenvalue weighted by molar-refractivity contribution is 5.85. The summed E-state index contributed by atoms with van der Waals surface area (Å²) in [6.07, 6.45) is 6.71. The van der Waals surface area contributed by atoms with E-state index in [2.05, 4.69) is 20.9 Å². The van der Waals surface area contributed by atoms with Gasteiger partial charge in [-0.15, -0.1) is 24.8 Å². The number of carbonyl (C=O) groups is 1. The molecular formula is C17H26Cl2N4O. The molecule has 7 heteroatoms. The summed E-state index contributed by atoms with van der Waals surface area (Å²) in [5.74, 6) is 0.281. The first kappa shape index (κ1) is 20.7. The zero-order valence-corrected chi connectivity index (χ0v) is 15.3. The molecule has 2 atom stereocenters. The molecular weight excluding hydrogens is 347 g/mol. The van der Waals surface area contributed by atoms with Crippen LogP contribution in [-0.2, 0) is 11.3 Å². The first-order valence-electron chi connectivity index (χ1n) is 8.17. The Kier molecular flexibility index (Phi) is 8.53. The maximum absolute atomic E-state index is 12.1. The van der Waals surface area contributed by atoms with Gasteiger partial charge in [0.25, 0.3) is 0 Å². The van der Waals surface area contributed by atoms with Crippen LogP contribution in [0.5, 0.6) is 0 Å². The average Bonchev–Trinajstić information content (AvgIpc) is 2.95. The van der Waals surface area contributed by atoms with Crippen molar-refractivity contribution in [2.75, 3.05) is 6.54 Å². The van der Waals surface area contributed by atoms with Gasteiger partial charge in [-0.05, 0) is 37.8 Å². The summed E-state index contributed by atoms with van der Waals surface area (Å²) in [6, 6.07) is 8.30. The van der Waals surface area contributed by atoms with Gasteiger partial charge in [0, 0.05) is 25.0 Å². The largest absolute Gasteiger partial charge is 0.356 e. The van der Waals surface area contributed by atoms with Crippen LogP contribution < -0.4 is 11.1 Å². The number of para-hydroxylation sites is 2. The van der Waals surface area contributed by atoms with Crippen LogP contribution >= 0.6 is 24.8 Å². The van der Waals surface area contributed by atoms with Crippen LogP contribution in [0.3, 0.4) is 0 Å². The Morgan fingerprint density at radius 2 is 2.08 bits per heavy atom. The zero-order chi connectivity index (χ0) is 15.4. The van der Waals surface area contributed by atoms with E-state index in [0.29, 0.717) is 6.54 Å². The van der Waals surface area contributed by atoms with Crippen molar-refractivity contribution in [3.63, 3.8) is 0 Å². The van der Waals surface area contributed by atoms with Crippen molar-refractivity contribution >= 4 is 41.8 Å². The number of nitrogens with zero attached hydrogens (tertiary/aromatic N) is 2. The lowest BCUT2D eigenvalue weighted by atomic mass is 9.85. The van der Waals surface area contributed by atoms with Crippen LogP contribution in [0.15, 0.2) is 30.6 Å². The number of nitrogens with two attached hydrogens (primary N) is 1. The number of rotatable bonds is 5. The highest BCUT2D eigenvalue weighted by Gasteiger charge is 2.24. The minimum absolute atomic E-state index is 0. The number of halogens is 2. The van der Waals surface area contributed by atoms with Gasteiger partial charge in [0.2, 0.25) is 5.91 Å². The third-order valence-corrected chi connectivity index (χ3v) is 4.49. The molecule has 2 unspecified atom stereocenters. The van der Waals surface area contributed by atoms with Crippen LogP contribution in [0, 0.1) is 5.92 Å². The molecule has 0 spiro atoms. The zero-order valence-electron chi connectivity index (χ0n) is 13.7. The molecule has 1 aliphatic rings. The van der Waals surface area contributed by atoms with Gasteiger partial charge in [0.15, 0.2) is 0 Å². The molecule has 0 aliphatic heterocycles. The summed E-state index contributed by atoms with van der Waals surface area (Å²) in [5, 5.41) is 3.06. The van der Waals surface area contributed by atoms with E-state index in [9.17, 15) is 4.79 Å². The number of amides is 1. The summed E-state index contributed by atoms with van der Waals surface area (Å²) in [7, 11) is 0. The molecule has 0 bridgehead atoms. The monoisotopic (exact) mass is 372 g/mol. The van der Waals surface area contributed by atoms with Gasteiger partial charge >= 0.3 is 0 Å². The maximum atomic E-state index is 12.1. The lowest BCUT2D eigenvalue weighted by Gasteiger charge is -2.25. The average molecular weight is 373 g/mol. The summed E-state index contributed by atoms with van der Waals surface area (Å²) < 4.78 is 2.14. The van der Waals surface area contributed by atoms with Crippen molar-refractivity contribution in [3.8, 4) is 0 Å². The van der Waals surface area contributed by atoms with Gasteiger partial charge in [0.1, 0.15) is 0 Å². The van der Waals surface area contributed by atoms with Crippen LogP contribution in [-0.4, -0.2) is 28.0 Å². The Hall–Kier alpha value is -1.30. The molecule has 1 fully saturated rings. The van der Waals surface area contributed by atoms with Gasteiger partial charge in [-0.2, -0.15) is 0 Å². The fourth-order valence-corrected chi connectivity index (χ4v) is 3.26. The van der Waals surface area contributed by atoms with E-state index in [0.717, 1.165) is 49.7 Å². The lowest BCUT2D eigenvalue weighted by Crippen LogP contribution is -2.38. The summed E-state index contributed by atoms with van der Waals surface area (Å²) in [4.78, 5) is 16.5. The van der Waals surface area contributed by atoms with Crippen molar-refractivity contribution in [1.29, 1.82) is 0 Å². The number of benzene rings is 1. The third kappa shape index (κ3) is 5.10. The summed E-state index contributed by atoms with van der Waals surface area (Å²) in [6.45, 7) is 1.57. The Morgan fingerprint density at radius 3 is 2.88 bits per heavy atom. The molecule has 3 rings (SSSR count). The quantitative estimate of drug-likeness (QED) is 0.792. The normalized spacial score (nSPS) is 20.0. The van der Waals surface area contributed by atoms with E-state index in [4.69, 9.17) is 5.73 Å². The summed E-state index contributed by atoms with van der Waals surface area (Å²) in [5.41, 5.74) is 8.11. The molecule has 5 nitrogen and oxygen atoms in total. The molecule has 1 aliphatic carbocycles. The molecule has 2 aromatic rings. The molecule has 24 heavy (non-hydrogen) atoms. The van der Waals surface area contributed by atoms with E-state index in [1.807, 2.05) is 24.5 Å². The second-order valence-corrected chi connectivity index (χ2v) is 6.19. The molecule has 0 radical (unpaired) electrons. The number of carbonyl (C=O) groups excluding carboxylic acids is 1. The smallest absolute Gasteiger partial charge is 0.223 e. The summed E-state index contributed by atoms with van der Waals surface area (Å²) >= 11 is 0. The first-order valence-corrected chi connectivity index (χ1v) is 8.17. The van der Waals surface area contributed by atoms with Gasteiger partial charge in [0.05, 0.1) is 17.4 Å². The number of hydrogen-bond donors (Lipinski definition) is 2. The highest BCUT2D eigenvalue weighted by Crippen LogP contribution is 2.23. The Balaban J connectivity index is 0.00000144. The number of nitrogens with one attached hydrogen (secondary N) is 1. The van der Waals surface area contributed by atoms with Crippen molar-refractivity contribution in [2.24, 2.45) is 11.7 Å². The predicted molar refractivity (Wildman–Crippen MR) is 102 cm³/mol. The number of aryl methyl sites for hydroxylation is 1. The van der Waals surface area contributed by atoms with Crippen LogP contribution in [0.25, 0.3) is 11.0 Å². The van der Waals surface area contributed by atoms with Crippen molar-refractivity contribution < 1.29 is 4.79 Å². The molecule has 1 amide bonds. The fourth-order valence-electron chi connectivity index (χ4n) is 3.26. The van der Waals surface area contributed by atoms with Crippen molar-refractivity contribution in [2.45, 2.75) is 44.7 Å². The SMILES string of the molecule is Cl.Cl.NC1CCCC(C(=O)NCCCn2cnc3ccccc32)C1. The molecule has 1 heterocycles. The second kappa shape index (κ2) is 9.87. The first-order chi connectivity index (χ1) is 10.7. The molecule has 3 N–H and O–H groups in total. The number of fused-ring (bicyclic) bond motifs is 1. The molecule has 1 aromatic heterocycles. The van der Waals surface area contributed by atoms with Gasteiger partial charge in [-0.1, -0.05) is 18.6 Å². The lowest BCUT2D eigenvalue weighted by molar-refractivity contribution is -0.126. The number of hydrogen-bond acceptors (Lipinski definition) is 3. The second-order valence-electron chi connectivity index (χ2n) is 6.19. The number of imidazole rings is 1. The Labute approximate surface area is 155 Å². The van der Waals surface area contributed by atoms with Crippen LogP contribution in [0.2, 0.25) is 0 Å². The maximum Gasteiger partial charge on any atom is 0.223 e. The van der Waals surface area contributed by atoms with Gasteiger partial charge in [-0.25, -0.2) is 4.98 Å². The van der Waals surface area contributed by atoms with E-state index in [1.54, 1.807) is 0 Å². The van der Waals surface area contributed by atoms with E-state index in [-0.39, 0.29) is 42.7 Å². The highest BCUT2D eigenvalue weighted by atomic mass is 35.5. The van der Waals surface area contributed by atoms with E-state index < -0.39 is 0 Å². The molecule has 1 aromatic carbocycles. The van der Waals surface area contributed by atoms with Crippen molar-refractivity contribution in [3.05, 3.63) is 30.6 Å². The van der Waals surface area contributed by atoms with Crippen molar-refractivity contribution in [1.82, 2.24) is 14.9 Å². The fraction of sp³-hybridized carbons (Fsp3) is 0.529. The Morgan fingerprint density at radius 1 is 1.29 bits per heavy atom. The van der Waals surface area contributed by atoms with Gasteiger partial charge < -0.3 is 15.6 Å². The predicted octanol–water partition coefficient (Wildman–Crippen LogP) is 2.90.